The van der Waals surface area contributed by atoms with Gasteiger partial charge in [-0.2, -0.15) is 0 Å². The summed E-state index contributed by atoms with van der Waals surface area (Å²) in [5, 5.41) is 0. The van der Waals surface area contributed by atoms with Crippen molar-refractivity contribution >= 4 is 0 Å². The van der Waals surface area contributed by atoms with Gasteiger partial charge in [0.15, 0.2) is 0 Å². The van der Waals surface area contributed by atoms with Crippen LogP contribution in [-0.4, -0.2) is 26.6 Å². The van der Waals surface area contributed by atoms with Crippen LogP contribution in [0.15, 0.2) is 46.0 Å². The predicted molar refractivity (Wildman–Crippen MR) is 90.5 cm³/mol. The first-order valence-corrected chi connectivity index (χ1v) is 8.10. The van der Waals surface area contributed by atoms with E-state index in [1.807, 2.05) is 6.07 Å². The number of benzene rings is 1. The molecule has 0 aliphatic carbocycles. The van der Waals surface area contributed by atoms with Crippen molar-refractivity contribution in [3.8, 4) is 0 Å². The molecule has 0 unspecified atom stereocenters. The molecule has 1 aromatic carbocycles. The van der Waals surface area contributed by atoms with Crippen molar-refractivity contribution in [2.75, 3.05) is 6.54 Å². The first kappa shape index (κ1) is 15.7. The van der Waals surface area contributed by atoms with Crippen LogP contribution in [0.25, 0.3) is 0 Å². The molecule has 1 aromatic heterocycles. The molecule has 0 radical (unpaired) electrons. The Morgan fingerprint density at radius 2 is 1.83 bits per heavy atom. The highest BCUT2D eigenvalue weighted by Gasteiger charge is 2.25. The van der Waals surface area contributed by atoms with Crippen LogP contribution >= 0.6 is 0 Å². The summed E-state index contributed by atoms with van der Waals surface area (Å²) in [6.45, 7) is 1.67. The zero-order chi connectivity index (χ0) is 16.4. The van der Waals surface area contributed by atoms with Gasteiger partial charge >= 0.3 is 5.69 Å². The molecule has 0 spiro atoms. The minimum Gasteiger partial charge on any atom is -0.299 e. The molecule has 5 heteroatoms. The molecule has 2 heterocycles. The van der Waals surface area contributed by atoms with Crippen molar-refractivity contribution in [2.24, 2.45) is 14.1 Å². The number of likely N-dealkylation sites (tertiary alicyclic amines) is 1. The van der Waals surface area contributed by atoms with E-state index in [0.717, 1.165) is 36.1 Å². The average molecular weight is 313 g/mol. The largest absolute Gasteiger partial charge is 0.330 e. The maximum atomic E-state index is 12.1. The van der Waals surface area contributed by atoms with Gasteiger partial charge in [0, 0.05) is 38.4 Å². The summed E-state index contributed by atoms with van der Waals surface area (Å²) in [5.41, 5.74) is 1.63. The van der Waals surface area contributed by atoms with E-state index in [1.54, 1.807) is 17.7 Å². The molecule has 1 atom stereocenters. The minimum atomic E-state index is -0.258. The van der Waals surface area contributed by atoms with Crippen LogP contribution in [-0.2, 0) is 27.1 Å². The fourth-order valence-electron chi connectivity index (χ4n) is 3.36. The van der Waals surface area contributed by atoms with Crippen LogP contribution in [0.4, 0.5) is 0 Å². The van der Waals surface area contributed by atoms with Gasteiger partial charge in [0.05, 0.1) is 0 Å². The Balaban J connectivity index is 1.80. The Morgan fingerprint density at radius 1 is 1.09 bits per heavy atom. The molecule has 0 saturated carbocycles. The fourth-order valence-corrected chi connectivity index (χ4v) is 3.36. The van der Waals surface area contributed by atoms with Crippen LogP contribution in [0.1, 0.15) is 24.1 Å². The molecule has 5 nitrogen and oxygen atoms in total. The van der Waals surface area contributed by atoms with Gasteiger partial charge in [0.25, 0.3) is 5.56 Å². The van der Waals surface area contributed by atoms with Crippen molar-refractivity contribution in [1.82, 2.24) is 14.0 Å². The lowest BCUT2D eigenvalue weighted by Crippen LogP contribution is -2.40. The quantitative estimate of drug-likeness (QED) is 0.854. The summed E-state index contributed by atoms with van der Waals surface area (Å²) in [4.78, 5) is 26.3. The smallest absolute Gasteiger partial charge is 0.299 e. The van der Waals surface area contributed by atoms with Gasteiger partial charge in [0.2, 0.25) is 0 Å². The van der Waals surface area contributed by atoms with Gasteiger partial charge in [-0.1, -0.05) is 30.3 Å². The van der Waals surface area contributed by atoms with E-state index < -0.39 is 0 Å². The van der Waals surface area contributed by atoms with E-state index in [-0.39, 0.29) is 11.2 Å². The molecule has 0 amide bonds. The summed E-state index contributed by atoms with van der Waals surface area (Å²) in [7, 11) is 3.25. The van der Waals surface area contributed by atoms with Crippen molar-refractivity contribution < 1.29 is 0 Å². The van der Waals surface area contributed by atoms with E-state index in [4.69, 9.17) is 0 Å². The number of nitrogens with zero attached hydrogens (tertiary/aromatic N) is 3. The maximum absolute atomic E-state index is 12.1. The highest BCUT2D eigenvalue weighted by Crippen LogP contribution is 2.22. The summed E-state index contributed by atoms with van der Waals surface area (Å²) >= 11 is 0. The Morgan fingerprint density at radius 3 is 2.57 bits per heavy atom. The highest BCUT2D eigenvalue weighted by molar-refractivity contribution is 5.16. The van der Waals surface area contributed by atoms with Gasteiger partial charge < -0.3 is 0 Å². The first-order valence-electron chi connectivity index (χ1n) is 8.10. The van der Waals surface area contributed by atoms with Crippen LogP contribution in [0.3, 0.4) is 0 Å². The monoisotopic (exact) mass is 313 g/mol. The van der Waals surface area contributed by atoms with Gasteiger partial charge in [-0.05, 0) is 31.4 Å². The number of hydrogen-bond acceptors (Lipinski definition) is 3. The third kappa shape index (κ3) is 3.29. The SMILES string of the molecule is Cn1c(CN2CCC[C@@H]2Cc2ccccc2)cc(=O)n(C)c1=O. The van der Waals surface area contributed by atoms with Gasteiger partial charge in [-0.15, -0.1) is 0 Å². The second-order valence-corrected chi connectivity index (χ2v) is 6.33. The molecule has 23 heavy (non-hydrogen) atoms. The van der Waals surface area contributed by atoms with Gasteiger partial charge in [-0.3, -0.25) is 18.8 Å². The standard InChI is InChI=1S/C18H23N3O2/c1-19-16(12-17(22)20(2)18(19)23)13-21-10-6-9-15(21)11-14-7-4-3-5-8-14/h3-5,7-8,12,15H,6,9-11,13H2,1-2H3/t15-/m1/s1. The molecule has 0 N–H and O–H groups in total. The average Bonchev–Trinajstić information content (AvgIpc) is 2.98. The zero-order valence-electron chi connectivity index (χ0n) is 13.7. The third-order valence-electron chi connectivity index (χ3n) is 4.80. The number of rotatable bonds is 4. The topological polar surface area (TPSA) is 47.2 Å². The molecule has 1 aliphatic heterocycles. The van der Waals surface area contributed by atoms with Crippen LogP contribution in [0, 0.1) is 0 Å². The lowest BCUT2D eigenvalue weighted by molar-refractivity contribution is 0.237. The predicted octanol–water partition coefficient (Wildman–Crippen LogP) is 1.29. The van der Waals surface area contributed by atoms with E-state index in [2.05, 4.69) is 29.2 Å². The molecule has 2 aromatic rings. The Bertz CT molecular complexity index is 792. The van der Waals surface area contributed by atoms with Crippen LogP contribution < -0.4 is 11.2 Å². The summed E-state index contributed by atoms with van der Waals surface area (Å²) in [6, 6.07) is 12.5. The molecular formula is C18H23N3O2. The molecule has 0 bridgehead atoms. The van der Waals surface area contributed by atoms with E-state index in [0.29, 0.717) is 12.6 Å². The van der Waals surface area contributed by atoms with E-state index in [1.165, 1.54) is 12.6 Å². The minimum absolute atomic E-state index is 0.234. The Kier molecular flexibility index (Phi) is 4.48. The molecule has 1 fully saturated rings. The van der Waals surface area contributed by atoms with Crippen molar-refractivity contribution in [3.05, 3.63) is 68.5 Å². The van der Waals surface area contributed by atoms with Gasteiger partial charge in [-0.25, -0.2) is 4.79 Å². The second kappa shape index (κ2) is 6.54. The van der Waals surface area contributed by atoms with Crippen molar-refractivity contribution in [1.29, 1.82) is 0 Å². The number of hydrogen-bond donors (Lipinski definition) is 0. The lowest BCUT2D eigenvalue weighted by atomic mass is 10.0. The Labute approximate surface area is 135 Å². The van der Waals surface area contributed by atoms with Crippen molar-refractivity contribution in [2.45, 2.75) is 31.8 Å². The molecular weight excluding hydrogens is 290 g/mol. The molecule has 1 saturated heterocycles. The van der Waals surface area contributed by atoms with Crippen LogP contribution in [0.2, 0.25) is 0 Å². The van der Waals surface area contributed by atoms with Crippen LogP contribution in [0.5, 0.6) is 0 Å². The maximum Gasteiger partial charge on any atom is 0.330 e. The Hall–Kier alpha value is -2.14. The van der Waals surface area contributed by atoms with E-state index in [9.17, 15) is 9.59 Å². The molecule has 3 rings (SSSR count). The van der Waals surface area contributed by atoms with E-state index >= 15 is 0 Å². The zero-order valence-corrected chi connectivity index (χ0v) is 13.7. The molecule has 1 aliphatic rings. The second-order valence-electron chi connectivity index (χ2n) is 6.33. The molecule has 122 valence electrons. The van der Waals surface area contributed by atoms with Gasteiger partial charge in [0.1, 0.15) is 0 Å². The normalized spacial score (nSPS) is 18.4. The first-order chi connectivity index (χ1) is 11.1. The highest BCUT2D eigenvalue weighted by atomic mass is 16.2. The summed E-state index contributed by atoms with van der Waals surface area (Å²) < 4.78 is 2.73. The summed E-state index contributed by atoms with van der Waals surface area (Å²) in [5.74, 6) is 0. The lowest BCUT2D eigenvalue weighted by Gasteiger charge is -2.25. The fraction of sp³-hybridized carbons (Fsp3) is 0.444. The number of aromatic nitrogens is 2. The van der Waals surface area contributed by atoms with Crippen molar-refractivity contribution in [3.63, 3.8) is 0 Å². The third-order valence-corrected chi connectivity index (χ3v) is 4.80. The summed E-state index contributed by atoms with van der Waals surface area (Å²) in [6.07, 6.45) is 3.34.